The van der Waals surface area contributed by atoms with Gasteiger partial charge in [0, 0.05) is 44.5 Å². The topological polar surface area (TPSA) is 93.0 Å². The van der Waals surface area contributed by atoms with E-state index in [2.05, 4.69) is 50.2 Å². The van der Waals surface area contributed by atoms with Crippen LogP contribution in [0.25, 0.3) is 5.57 Å². The van der Waals surface area contributed by atoms with Gasteiger partial charge in [-0.3, -0.25) is 14.7 Å². The van der Waals surface area contributed by atoms with Crippen molar-refractivity contribution in [1.29, 1.82) is 5.26 Å². The Balaban J connectivity index is 1.43. The number of rotatable bonds is 7. The van der Waals surface area contributed by atoms with E-state index >= 15 is 0 Å². The molecule has 0 atom stereocenters. The molecule has 0 radical (unpaired) electrons. The Kier molecular flexibility index (Phi) is 9.89. The molecule has 37 heavy (non-hydrogen) atoms. The second-order valence-electron chi connectivity index (χ2n) is 10.1. The van der Waals surface area contributed by atoms with E-state index in [1.807, 2.05) is 12.1 Å². The number of carbonyl (C=O) groups is 1. The van der Waals surface area contributed by atoms with Crippen molar-refractivity contribution < 1.29 is 9.53 Å². The van der Waals surface area contributed by atoms with Gasteiger partial charge in [-0.05, 0) is 80.8 Å². The number of nitriles is 1. The number of carbonyl (C=O) groups excluding carboxylic acids is 1. The number of piperidine rings is 1. The summed E-state index contributed by atoms with van der Waals surface area (Å²) in [7, 11) is 1.52. The number of benzene rings is 1. The molecule has 2 aliphatic heterocycles. The molecule has 2 fully saturated rings. The first kappa shape index (κ1) is 27.1. The molecular weight excluding hydrogens is 464 g/mol. The van der Waals surface area contributed by atoms with Gasteiger partial charge in [-0.15, -0.1) is 0 Å². The minimum Gasteiger partial charge on any atom is -0.379 e. The maximum atomic E-state index is 12.9. The van der Waals surface area contributed by atoms with Crippen molar-refractivity contribution in [3.8, 4) is 6.07 Å². The number of aliphatic imine (C=N–C) groups is 1. The lowest BCUT2D eigenvalue weighted by molar-refractivity contribution is -0.110. The lowest BCUT2D eigenvalue weighted by Gasteiger charge is -2.35. The number of nitrogens with one attached hydrogen (secondary N) is 2. The van der Waals surface area contributed by atoms with Crippen molar-refractivity contribution in [2.75, 3.05) is 64.8 Å². The number of anilines is 1. The summed E-state index contributed by atoms with van der Waals surface area (Å²) in [5.41, 5.74) is 4.63. The average Bonchev–Trinajstić information content (AvgIpc) is 2.96. The number of hydrogen-bond acceptors (Lipinski definition) is 6. The summed E-state index contributed by atoms with van der Waals surface area (Å²) in [6.07, 6.45) is 9.08. The van der Waals surface area contributed by atoms with Crippen LogP contribution in [0.3, 0.4) is 0 Å². The first-order valence-electron chi connectivity index (χ1n) is 13.6. The summed E-state index contributed by atoms with van der Waals surface area (Å²) < 4.78 is 5.47. The Morgan fingerprint density at radius 3 is 2.54 bits per heavy atom. The summed E-state index contributed by atoms with van der Waals surface area (Å²) >= 11 is 0. The average molecular weight is 505 g/mol. The third-order valence-corrected chi connectivity index (χ3v) is 7.67. The Morgan fingerprint density at radius 1 is 1.16 bits per heavy atom. The van der Waals surface area contributed by atoms with Crippen LogP contribution in [0.2, 0.25) is 0 Å². The molecule has 2 saturated heterocycles. The van der Waals surface area contributed by atoms with E-state index in [-0.39, 0.29) is 17.4 Å². The number of ether oxygens (including phenoxy) is 1. The Hall–Kier alpha value is -2.99. The molecule has 2 N–H and O–H groups in total. The smallest absolute Gasteiger partial charge is 0.291 e. The number of amides is 1. The zero-order chi connectivity index (χ0) is 26.0. The number of nitrogens with zero attached hydrogens (tertiary/aromatic N) is 4. The fourth-order valence-corrected chi connectivity index (χ4v) is 5.44. The van der Waals surface area contributed by atoms with Crippen LogP contribution in [0.5, 0.6) is 0 Å². The number of allylic oxidation sites excluding steroid dienone is 3. The molecule has 198 valence electrons. The molecule has 2 heterocycles. The Labute approximate surface area is 221 Å². The number of amidine groups is 1. The third kappa shape index (κ3) is 7.51. The fraction of sp³-hybridized carbons (Fsp3) is 0.552. The van der Waals surface area contributed by atoms with E-state index in [1.54, 1.807) is 0 Å². The molecule has 1 aliphatic carbocycles. The highest BCUT2D eigenvalue weighted by atomic mass is 16.5. The maximum absolute atomic E-state index is 12.9. The van der Waals surface area contributed by atoms with Gasteiger partial charge in [0.25, 0.3) is 5.91 Å². The van der Waals surface area contributed by atoms with Crippen molar-refractivity contribution in [3.05, 3.63) is 47.7 Å². The van der Waals surface area contributed by atoms with Crippen LogP contribution in [0, 0.1) is 11.3 Å². The van der Waals surface area contributed by atoms with Gasteiger partial charge in [-0.25, -0.2) is 0 Å². The van der Waals surface area contributed by atoms with Crippen molar-refractivity contribution >= 4 is 23.0 Å². The highest BCUT2D eigenvalue weighted by Crippen LogP contribution is 2.36. The predicted octanol–water partition coefficient (Wildman–Crippen LogP) is 3.75. The summed E-state index contributed by atoms with van der Waals surface area (Å²) in [5.74, 6) is 0.224. The molecule has 1 aromatic rings. The largest absolute Gasteiger partial charge is 0.379 e. The van der Waals surface area contributed by atoms with Crippen molar-refractivity contribution in [2.24, 2.45) is 4.99 Å². The van der Waals surface area contributed by atoms with Gasteiger partial charge in [0.05, 0.1) is 13.2 Å². The first-order valence-corrected chi connectivity index (χ1v) is 13.6. The van der Waals surface area contributed by atoms with E-state index in [9.17, 15) is 4.79 Å². The molecule has 0 saturated carbocycles. The van der Waals surface area contributed by atoms with Crippen LogP contribution < -0.4 is 10.6 Å². The SMILES string of the molecule is C=C(C#N)NC(=NC)C(=O)Nc1ccc(C2CCN(CCN3CCOCC3)CC2)cc1C1=CCCCC1. The molecular formula is C29H40N6O2. The minimum absolute atomic E-state index is 0.0728. The van der Waals surface area contributed by atoms with Gasteiger partial charge >= 0.3 is 0 Å². The van der Waals surface area contributed by atoms with E-state index in [0.717, 1.165) is 95.8 Å². The van der Waals surface area contributed by atoms with E-state index < -0.39 is 0 Å². The van der Waals surface area contributed by atoms with Crippen LogP contribution in [0.1, 0.15) is 55.6 Å². The van der Waals surface area contributed by atoms with Crippen LogP contribution in [-0.2, 0) is 9.53 Å². The highest BCUT2D eigenvalue weighted by molar-refractivity contribution is 6.42. The first-order chi connectivity index (χ1) is 18.1. The number of hydrogen-bond donors (Lipinski definition) is 2. The van der Waals surface area contributed by atoms with Gasteiger partial charge in [-0.2, -0.15) is 5.26 Å². The maximum Gasteiger partial charge on any atom is 0.291 e. The van der Waals surface area contributed by atoms with Crippen LogP contribution in [0.4, 0.5) is 5.69 Å². The van der Waals surface area contributed by atoms with Crippen LogP contribution in [0.15, 0.2) is 41.5 Å². The summed E-state index contributed by atoms with van der Waals surface area (Å²) in [4.78, 5) is 22.1. The molecule has 3 aliphatic rings. The lowest BCUT2D eigenvalue weighted by atomic mass is 9.85. The van der Waals surface area contributed by atoms with Gasteiger partial charge in [0.15, 0.2) is 5.84 Å². The monoisotopic (exact) mass is 504 g/mol. The van der Waals surface area contributed by atoms with E-state index in [1.165, 1.54) is 24.6 Å². The Morgan fingerprint density at radius 2 is 1.89 bits per heavy atom. The lowest BCUT2D eigenvalue weighted by Crippen LogP contribution is -2.43. The van der Waals surface area contributed by atoms with Crippen molar-refractivity contribution in [2.45, 2.75) is 44.4 Å². The standard InChI is InChI=1S/C29H40N6O2/c1-22(21-30)32-28(31-2)29(36)33-27-9-8-25(20-26(27)24-6-4-3-5-7-24)23-10-12-34(13-11-23)14-15-35-16-18-37-19-17-35/h6,8-9,20,23H,1,3-5,7,10-19H2,2H3,(H,31,32)(H,33,36). The molecule has 4 rings (SSSR count). The van der Waals surface area contributed by atoms with Gasteiger partial charge in [0.2, 0.25) is 0 Å². The summed E-state index contributed by atoms with van der Waals surface area (Å²) in [6.45, 7) is 11.9. The molecule has 0 spiro atoms. The third-order valence-electron chi connectivity index (χ3n) is 7.67. The molecule has 0 bridgehead atoms. The molecule has 8 heteroatoms. The van der Waals surface area contributed by atoms with Crippen molar-refractivity contribution in [1.82, 2.24) is 15.1 Å². The molecule has 1 aromatic carbocycles. The summed E-state index contributed by atoms with van der Waals surface area (Å²) in [6, 6.07) is 8.40. The number of morpholine rings is 1. The zero-order valence-corrected chi connectivity index (χ0v) is 22.1. The molecule has 1 amide bonds. The van der Waals surface area contributed by atoms with Crippen molar-refractivity contribution in [3.63, 3.8) is 0 Å². The zero-order valence-electron chi connectivity index (χ0n) is 22.1. The van der Waals surface area contributed by atoms with Gasteiger partial charge in [-0.1, -0.05) is 18.7 Å². The summed E-state index contributed by atoms with van der Waals surface area (Å²) in [5, 5.41) is 14.7. The van der Waals surface area contributed by atoms with Gasteiger partial charge in [0.1, 0.15) is 11.8 Å². The fourth-order valence-electron chi connectivity index (χ4n) is 5.44. The van der Waals surface area contributed by atoms with E-state index in [0.29, 0.717) is 5.92 Å². The van der Waals surface area contributed by atoms with Crippen LogP contribution >= 0.6 is 0 Å². The highest BCUT2D eigenvalue weighted by Gasteiger charge is 2.24. The predicted molar refractivity (Wildman–Crippen MR) is 148 cm³/mol. The minimum atomic E-state index is -0.377. The second kappa shape index (κ2) is 13.5. The molecule has 8 nitrogen and oxygen atoms in total. The van der Waals surface area contributed by atoms with Crippen LogP contribution in [-0.4, -0.2) is 81.1 Å². The quantitative estimate of drug-likeness (QED) is 0.334. The van der Waals surface area contributed by atoms with Gasteiger partial charge < -0.3 is 20.3 Å². The molecule has 0 aromatic heterocycles. The molecule has 0 unspecified atom stereocenters. The normalized spacial score (nSPS) is 20.1. The Bertz CT molecular complexity index is 1060. The second-order valence-corrected chi connectivity index (χ2v) is 10.1. The number of likely N-dealkylation sites (tertiary alicyclic amines) is 1. The van der Waals surface area contributed by atoms with E-state index in [4.69, 9.17) is 10.00 Å².